The Bertz CT molecular complexity index is 702. The molecule has 8 heteroatoms. The van der Waals surface area contributed by atoms with Gasteiger partial charge in [-0.25, -0.2) is 0 Å². The van der Waals surface area contributed by atoms with Crippen LogP contribution >= 0.6 is 0 Å². The zero-order valence-electron chi connectivity index (χ0n) is 12.3. The van der Waals surface area contributed by atoms with Gasteiger partial charge in [0.25, 0.3) is 0 Å². The fourth-order valence-corrected chi connectivity index (χ4v) is 3.29. The van der Waals surface area contributed by atoms with Crippen molar-refractivity contribution in [1.29, 1.82) is 5.26 Å². The van der Waals surface area contributed by atoms with E-state index in [1.54, 1.807) is 0 Å². The van der Waals surface area contributed by atoms with Gasteiger partial charge in [0.2, 0.25) is 11.8 Å². The van der Waals surface area contributed by atoms with E-state index in [1.807, 2.05) is 6.92 Å². The number of nitrogens with two attached hydrogens (primary N) is 1. The molecule has 22 heavy (non-hydrogen) atoms. The van der Waals surface area contributed by atoms with Gasteiger partial charge < -0.3 is 19.9 Å². The standard InChI is InChI=1S/C14H16N4O4/c1-7-14(3-4-21-7)8(6-15)12(16)22-13-11(14)9(17-18-13)5-10(19)20-2/h7H,3-5,16H2,1-2H3,(H,17,18)/t7-,14-/m0/s1. The number of carbonyl (C=O) groups is 1. The summed E-state index contributed by atoms with van der Waals surface area (Å²) in [5, 5.41) is 16.4. The lowest BCUT2D eigenvalue weighted by atomic mass is 9.68. The Kier molecular flexibility index (Phi) is 3.30. The third-order valence-electron chi connectivity index (χ3n) is 4.37. The van der Waals surface area contributed by atoms with E-state index in [2.05, 4.69) is 16.3 Å². The summed E-state index contributed by atoms with van der Waals surface area (Å²) in [6.45, 7) is 2.36. The van der Waals surface area contributed by atoms with Crippen molar-refractivity contribution in [2.75, 3.05) is 13.7 Å². The minimum atomic E-state index is -0.747. The Labute approximate surface area is 126 Å². The van der Waals surface area contributed by atoms with Gasteiger partial charge in [-0.1, -0.05) is 0 Å². The minimum absolute atomic E-state index is 0.00920. The number of hydrogen-bond acceptors (Lipinski definition) is 7. The summed E-state index contributed by atoms with van der Waals surface area (Å²) in [6, 6.07) is 2.13. The lowest BCUT2D eigenvalue weighted by Crippen LogP contribution is -2.41. The highest BCUT2D eigenvalue weighted by atomic mass is 16.5. The van der Waals surface area contributed by atoms with E-state index in [4.69, 9.17) is 19.9 Å². The first-order valence-electron chi connectivity index (χ1n) is 6.89. The second-order valence-electron chi connectivity index (χ2n) is 5.32. The van der Waals surface area contributed by atoms with Gasteiger partial charge in [0, 0.05) is 6.61 Å². The van der Waals surface area contributed by atoms with Gasteiger partial charge in [-0.05, 0) is 13.3 Å². The molecule has 2 atom stereocenters. The number of nitriles is 1. The second-order valence-corrected chi connectivity index (χ2v) is 5.32. The van der Waals surface area contributed by atoms with Gasteiger partial charge in [0.05, 0.1) is 36.3 Å². The smallest absolute Gasteiger partial charge is 0.311 e. The maximum absolute atomic E-state index is 11.6. The molecule has 1 saturated heterocycles. The Hall–Kier alpha value is -2.53. The van der Waals surface area contributed by atoms with E-state index in [0.29, 0.717) is 29.9 Å². The summed E-state index contributed by atoms with van der Waals surface area (Å²) in [4.78, 5) is 11.6. The SMILES string of the molecule is COC(=O)Cc1[nH]nc2c1[C@]1(CCO[C@H]1C)C(C#N)=C(N)O2. The predicted octanol–water partition coefficient (Wildman–Crippen LogP) is 0.258. The third kappa shape index (κ3) is 1.79. The Morgan fingerprint density at radius 1 is 1.68 bits per heavy atom. The summed E-state index contributed by atoms with van der Waals surface area (Å²) in [5.41, 5.74) is 6.68. The first kappa shape index (κ1) is 14.4. The third-order valence-corrected chi connectivity index (χ3v) is 4.37. The molecule has 0 saturated carbocycles. The molecule has 8 nitrogen and oxygen atoms in total. The van der Waals surface area contributed by atoms with Gasteiger partial charge in [0.15, 0.2) is 0 Å². The van der Waals surface area contributed by atoms with Crippen LogP contribution in [-0.4, -0.2) is 36.0 Å². The van der Waals surface area contributed by atoms with Crippen molar-refractivity contribution >= 4 is 5.97 Å². The molecule has 0 amide bonds. The number of H-pyrrole nitrogens is 1. The first-order chi connectivity index (χ1) is 10.5. The van der Waals surface area contributed by atoms with Crippen molar-refractivity contribution in [2.24, 2.45) is 5.73 Å². The fourth-order valence-electron chi connectivity index (χ4n) is 3.29. The number of methoxy groups -OCH3 is 1. The van der Waals surface area contributed by atoms with Gasteiger partial charge in [-0.15, -0.1) is 5.10 Å². The van der Waals surface area contributed by atoms with Crippen LogP contribution in [0.2, 0.25) is 0 Å². The van der Waals surface area contributed by atoms with Gasteiger partial charge in [0.1, 0.15) is 11.6 Å². The van der Waals surface area contributed by atoms with Crippen LogP contribution in [0.15, 0.2) is 11.5 Å². The molecule has 1 aromatic heterocycles. The maximum Gasteiger partial charge on any atom is 0.311 e. The first-order valence-corrected chi connectivity index (χ1v) is 6.89. The molecule has 3 N–H and O–H groups in total. The number of aromatic nitrogens is 2. The number of nitrogens with one attached hydrogen (secondary N) is 1. The highest BCUT2D eigenvalue weighted by molar-refractivity contribution is 5.73. The number of carbonyl (C=O) groups excluding carboxylic acids is 1. The molecule has 3 rings (SSSR count). The molecule has 1 fully saturated rings. The van der Waals surface area contributed by atoms with Crippen LogP contribution in [0.3, 0.4) is 0 Å². The molecule has 0 radical (unpaired) electrons. The van der Waals surface area contributed by atoms with E-state index < -0.39 is 11.4 Å². The molecule has 116 valence electrons. The van der Waals surface area contributed by atoms with Crippen LogP contribution in [-0.2, 0) is 26.1 Å². The van der Waals surface area contributed by atoms with Gasteiger partial charge in [-0.3, -0.25) is 9.89 Å². The van der Waals surface area contributed by atoms with Crippen LogP contribution in [0.4, 0.5) is 0 Å². The lowest BCUT2D eigenvalue weighted by molar-refractivity contribution is -0.139. The van der Waals surface area contributed by atoms with Crippen LogP contribution < -0.4 is 10.5 Å². The predicted molar refractivity (Wildman–Crippen MR) is 73.5 cm³/mol. The van der Waals surface area contributed by atoms with Gasteiger partial charge >= 0.3 is 5.97 Å². The molecule has 2 aliphatic rings. The summed E-state index contributed by atoms with van der Waals surface area (Å²) >= 11 is 0. The Morgan fingerprint density at radius 2 is 2.45 bits per heavy atom. The highest BCUT2D eigenvalue weighted by Gasteiger charge is 2.54. The zero-order chi connectivity index (χ0) is 15.9. The molecule has 1 aromatic rings. The number of hydrogen-bond donors (Lipinski definition) is 2. The largest absolute Gasteiger partial charge is 0.469 e. The van der Waals surface area contributed by atoms with Crippen LogP contribution in [0.1, 0.15) is 24.6 Å². The summed E-state index contributed by atoms with van der Waals surface area (Å²) in [6.07, 6.45) is 0.300. The number of rotatable bonds is 2. The molecule has 2 aliphatic heterocycles. The molecule has 0 unspecified atom stereocenters. The zero-order valence-corrected chi connectivity index (χ0v) is 12.3. The number of aromatic amines is 1. The Balaban J connectivity index is 2.18. The topological polar surface area (TPSA) is 123 Å². The molecule has 0 aliphatic carbocycles. The summed E-state index contributed by atoms with van der Waals surface area (Å²) < 4.78 is 15.8. The molecule has 3 heterocycles. The fraction of sp³-hybridized carbons (Fsp3) is 0.500. The van der Waals surface area contributed by atoms with Crippen LogP contribution in [0, 0.1) is 11.3 Å². The number of esters is 1. The number of fused-ring (bicyclic) bond motifs is 2. The lowest BCUT2D eigenvalue weighted by Gasteiger charge is -2.35. The normalized spacial score (nSPS) is 26.5. The van der Waals surface area contributed by atoms with E-state index in [0.717, 1.165) is 0 Å². The highest BCUT2D eigenvalue weighted by Crippen LogP contribution is 2.51. The molecule has 0 aromatic carbocycles. The summed E-state index contributed by atoms with van der Waals surface area (Å²) in [5.74, 6) is -0.0922. The van der Waals surface area contributed by atoms with E-state index in [1.165, 1.54) is 7.11 Å². The van der Waals surface area contributed by atoms with Crippen molar-refractivity contribution in [3.8, 4) is 11.9 Å². The van der Waals surface area contributed by atoms with Gasteiger partial charge in [-0.2, -0.15) is 5.26 Å². The number of nitrogens with zero attached hydrogens (tertiary/aromatic N) is 2. The second kappa shape index (κ2) is 5.03. The molecular weight excluding hydrogens is 288 g/mol. The average Bonchev–Trinajstić information content (AvgIpc) is 3.05. The van der Waals surface area contributed by atoms with Crippen molar-refractivity contribution in [1.82, 2.24) is 10.2 Å². The van der Waals surface area contributed by atoms with Crippen molar-refractivity contribution in [2.45, 2.75) is 31.3 Å². The molecular formula is C14H16N4O4. The number of ether oxygens (including phenoxy) is 3. The van der Waals surface area contributed by atoms with Crippen molar-refractivity contribution in [3.05, 3.63) is 22.7 Å². The quantitative estimate of drug-likeness (QED) is 0.751. The van der Waals surface area contributed by atoms with Crippen molar-refractivity contribution < 1.29 is 19.0 Å². The van der Waals surface area contributed by atoms with E-state index in [9.17, 15) is 10.1 Å². The van der Waals surface area contributed by atoms with E-state index >= 15 is 0 Å². The minimum Gasteiger partial charge on any atom is -0.469 e. The average molecular weight is 304 g/mol. The Morgan fingerprint density at radius 3 is 3.05 bits per heavy atom. The van der Waals surface area contributed by atoms with Crippen LogP contribution in [0.25, 0.3) is 0 Å². The van der Waals surface area contributed by atoms with Crippen LogP contribution in [0.5, 0.6) is 5.88 Å². The molecule has 0 bridgehead atoms. The maximum atomic E-state index is 11.6. The monoisotopic (exact) mass is 304 g/mol. The van der Waals surface area contributed by atoms with E-state index in [-0.39, 0.29) is 24.3 Å². The molecule has 1 spiro atoms. The summed E-state index contributed by atoms with van der Waals surface area (Å²) in [7, 11) is 1.32. The van der Waals surface area contributed by atoms with Crippen molar-refractivity contribution in [3.63, 3.8) is 0 Å².